The van der Waals surface area contributed by atoms with Crippen LogP contribution in [0.4, 0.5) is 24.5 Å². The van der Waals surface area contributed by atoms with E-state index in [-0.39, 0.29) is 35.7 Å². The van der Waals surface area contributed by atoms with E-state index in [1.54, 1.807) is 0 Å². The van der Waals surface area contributed by atoms with Gasteiger partial charge in [-0.15, -0.1) is 37.1 Å². The largest absolute Gasteiger partial charge is 0.573 e. The van der Waals surface area contributed by atoms with E-state index >= 15 is 0 Å². The zero-order chi connectivity index (χ0) is 19.3. The van der Waals surface area contributed by atoms with E-state index in [1.807, 2.05) is 18.2 Å². The number of nitrogens with two attached hydrogens (primary N) is 1. The van der Waals surface area contributed by atoms with Crippen LogP contribution in [0.5, 0.6) is 5.75 Å². The molecule has 3 N–H and O–H groups in total. The maximum absolute atomic E-state index is 12.2. The van der Waals surface area contributed by atoms with Crippen molar-refractivity contribution in [1.82, 2.24) is 0 Å². The van der Waals surface area contributed by atoms with Gasteiger partial charge in [0, 0.05) is 31.0 Å². The standard InChI is InChI=1S/C19H21F3N4O.HI/c20-19(21,22)27-17-8-6-15(7-9-17)25-18(23)24-12-14-10-11-26(13-14)16-4-2-1-3-5-16;/h1-9,14H,10-13H2,(H3,23,24,25);1H. The van der Waals surface area contributed by atoms with Crippen molar-refractivity contribution in [2.75, 3.05) is 29.9 Å². The Bertz CT molecular complexity index is 769. The maximum Gasteiger partial charge on any atom is 0.573 e. The van der Waals surface area contributed by atoms with Crippen LogP contribution in [0.25, 0.3) is 0 Å². The van der Waals surface area contributed by atoms with Crippen LogP contribution < -0.4 is 20.7 Å². The number of nitrogens with one attached hydrogen (secondary N) is 1. The summed E-state index contributed by atoms with van der Waals surface area (Å²) in [4.78, 5) is 6.68. The van der Waals surface area contributed by atoms with Crippen LogP contribution in [0, 0.1) is 5.92 Å². The summed E-state index contributed by atoms with van der Waals surface area (Å²) in [6, 6.07) is 15.6. The number of guanidine groups is 1. The van der Waals surface area contributed by atoms with E-state index in [2.05, 4.69) is 32.1 Å². The predicted molar refractivity (Wildman–Crippen MR) is 115 cm³/mol. The summed E-state index contributed by atoms with van der Waals surface area (Å²) < 4.78 is 40.3. The molecule has 1 aliphatic heterocycles. The second-order valence-electron chi connectivity index (χ2n) is 6.36. The topological polar surface area (TPSA) is 62.9 Å². The Morgan fingerprint density at radius 2 is 1.82 bits per heavy atom. The fourth-order valence-corrected chi connectivity index (χ4v) is 3.01. The Hall–Kier alpha value is -2.17. The van der Waals surface area contributed by atoms with E-state index in [4.69, 9.17) is 5.73 Å². The second kappa shape index (κ2) is 9.85. The average molecular weight is 506 g/mol. The monoisotopic (exact) mass is 506 g/mol. The first-order chi connectivity index (χ1) is 12.9. The first-order valence-corrected chi connectivity index (χ1v) is 8.62. The van der Waals surface area contributed by atoms with Crippen LogP contribution in [0.2, 0.25) is 0 Å². The van der Waals surface area contributed by atoms with Gasteiger partial charge in [-0.3, -0.25) is 4.99 Å². The number of anilines is 2. The zero-order valence-corrected chi connectivity index (χ0v) is 17.4. The number of hydrogen-bond donors (Lipinski definition) is 2. The van der Waals surface area contributed by atoms with Gasteiger partial charge >= 0.3 is 6.36 Å². The van der Waals surface area contributed by atoms with Crippen molar-refractivity contribution < 1.29 is 17.9 Å². The molecule has 28 heavy (non-hydrogen) atoms. The number of nitrogens with zero attached hydrogens (tertiary/aromatic N) is 2. The van der Waals surface area contributed by atoms with Gasteiger partial charge in [-0.1, -0.05) is 18.2 Å². The highest BCUT2D eigenvalue weighted by Gasteiger charge is 2.31. The molecule has 2 aromatic rings. The molecular formula is C19H22F3IN4O. The Kier molecular flexibility index (Phi) is 7.78. The molecule has 1 aliphatic rings. The minimum Gasteiger partial charge on any atom is -0.406 e. The lowest BCUT2D eigenvalue weighted by atomic mass is 10.1. The van der Waals surface area contributed by atoms with Gasteiger partial charge in [0.2, 0.25) is 0 Å². The molecule has 0 saturated carbocycles. The minimum absolute atomic E-state index is 0. The highest BCUT2D eigenvalue weighted by atomic mass is 127. The van der Waals surface area contributed by atoms with Crippen molar-refractivity contribution in [1.29, 1.82) is 0 Å². The van der Waals surface area contributed by atoms with Gasteiger partial charge in [-0.25, -0.2) is 0 Å². The number of aliphatic imine (C=N–C) groups is 1. The molecule has 5 nitrogen and oxygen atoms in total. The lowest BCUT2D eigenvalue weighted by molar-refractivity contribution is -0.274. The molecular weight excluding hydrogens is 484 g/mol. The summed E-state index contributed by atoms with van der Waals surface area (Å²) in [5, 5.41) is 2.88. The minimum atomic E-state index is -4.70. The van der Waals surface area contributed by atoms with Gasteiger partial charge in [-0.05, 0) is 48.7 Å². The van der Waals surface area contributed by atoms with E-state index in [0.717, 1.165) is 19.5 Å². The highest BCUT2D eigenvalue weighted by Crippen LogP contribution is 2.25. The third kappa shape index (κ3) is 6.77. The first-order valence-electron chi connectivity index (χ1n) is 8.62. The number of para-hydroxylation sites is 1. The van der Waals surface area contributed by atoms with Crippen molar-refractivity contribution in [2.24, 2.45) is 16.6 Å². The molecule has 0 radical (unpaired) electrons. The third-order valence-corrected chi connectivity index (χ3v) is 4.29. The molecule has 2 aromatic carbocycles. The SMILES string of the molecule is I.NC(=NCC1CCN(c2ccccc2)C1)Nc1ccc(OC(F)(F)F)cc1. The normalized spacial score (nSPS) is 17.2. The number of hydrogen-bond acceptors (Lipinski definition) is 3. The molecule has 0 spiro atoms. The van der Waals surface area contributed by atoms with Crippen LogP contribution in [0.15, 0.2) is 59.6 Å². The smallest absolute Gasteiger partial charge is 0.406 e. The van der Waals surface area contributed by atoms with Crippen LogP contribution in [0.3, 0.4) is 0 Å². The van der Waals surface area contributed by atoms with Crippen molar-refractivity contribution in [3.8, 4) is 5.75 Å². The fourth-order valence-electron chi connectivity index (χ4n) is 3.01. The van der Waals surface area contributed by atoms with Crippen molar-refractivity contribution in [3.63, 3.8) is 0 Å². The summed E-state index contributed by atoms with van der Waals surface area (Å²) >= 11 is 0. The van der Waals surface area contributed by atoms with Crippen LogP contribution in [0.1, 0.15) is 6.42 Å². The lowest BCUT2D eigenvalue weighted by Gasteiger charge is -2.18. The fraction of sp³-hybridized carbons (Fsp3) is 0.316. The molecule has 0 amide bonds. The maximum atomic E-state index is 12.2. The number of ether oxygens (including phenoxy) is 1. The Morgan fingerprint density at radius 1 is 1.14 bits per heavy atom. The molecule has 1 atom stereocenters. The molecule has 1 unspecified atom stereocenters. The number of rotatable bonds is 5. The van der Waals surface area contributed by atoms with Crippen LogP contribution in [-0.2, 0) is 0 Å². The summed E-state index contributed by atoms with van der Waals surface area (Å²) in [7, 11) is 0. The highest BCUT2D eigenvalue weighted by molar-refractivity contribution is 14.0. The van der Waals surface area contributed by atoms with Gasteiger partial charge in [-0.2, -0.15) is 0 Å². The van der Waals surface area contributed by atoms with Gasteiger partial charge in [0.15, 0.2) is 5.96 Å². The molecule has 0 aromatic heterocycles. The van der Waals surface area contributed by atoms with Gasteiger partial charge in [0.1, 0.15) is 5.75 Å². The first kappa shape index (κ1) is 22.1. The number of benzene rings is 2. The molecule has 0 bridgehead atoms. The van der Waals surface area contributed by atoms with Crippen molar-refractivity contribution in [2.45, 2.75) is 12.8 Å². The van der Waals surface area contributed by atoms with Crippen LogP contribution in [-0.4, -0.2) is 32.0 Å². The Balaban J connectivity index is 0.00000280. The quantitative estimate of drug-likeness (QED) is 0.358. The number of halogens is 4. The molecule has 152 valence electrons. The molecule has 0 aliphatic carbocycles. The summed E-state index contributed by atoms with van der Waals surface area (Å²) in [5.41, 5.74) is 7.63. The van der Waals surface area contributed by atoms with E-state index in [9.17, 15) is 13.2 Å². The Labute approximate surface area is 178 Å². The van der Waals surface area contributed by atoms with Gasteiger partial charge in [0.25, 0.3) is 0 Å². The Morgan fingerprint density at radius 3 is 2.46 bits per heavy atom. The summed E-state index contributed by atoms with van der Waals surface area (Å²) in [6.07, 6.45) is -3.67. The van der Waals surface area contributed by atoms with Crippen molar-refractivity contribution in [3.05, 3.63) is 54.6 Å². The second-order valence-corrected chi connectivity index (χ2v) is 6.36. The molecule has 1 saturated heterocycles. The summed E-state index contributed by atoms with van der Waals surface area (Å²) in [5.74, 6) is 0.362. The molecule has 9 heteroatoms. The van der Waals surface area contributed by atoms with Crippen molar-refractivity contribution >= 4 is 41.3 Å². The van der Waals surface area contributed by atoms with E-state index < -0.39 is 6.36 Å². The zero-order valence-electron chi connectivity index (χ0n) is 15.0. The third-order valence-electron chi connectivity index (χ3n) is 4.29. The van der Waals surface area contributed by atoms with E-state index in [0.29, 0.717) is 18.2 Å². The molecule has 1 fully saturated rings. The summed E-state index contributed by atoms with van der Waals surface area (Å²) in [6.45, 7) is 2.50. The van der Waals surface area contributed by atoms with Gasteiger partial charge in [0.05, 0.1) is 0 Å². The lowest BCUT2D eigenvalue weighted by Crippen LogP contribution is -2.25. The van der Waals surface area contributed by atoms with Crippen LogP contribution >= 0.6 is 24.0 Å². The van der Waals surface area contributed by atoms with E-state index in [1.165, 1.54) is 30.0 Å². The molecule has 3 rings (SSSR count). The molecule has 1 heterocycles. The predicted octanol–water partition coefficient (Wildman–Crippen LogP) is 4.46. The van der Waals surface area contributed by atoms with Gasteiger partial charge < -0.3 is 20.7 Å². The average Bonchev–Trinajstić information content (AvgIpc) is 3.10. The number of alkyl halides is 3.